The summed E-state index contributed by atoms with van der Waals surface area (Å²) in [5, 5.41) is 2.32. The van der Waals surface area contributed by atoms with Gasteiger partial charge in [0.1, 0.15) is 18.5 Å². The number of benzene rings is 4. The van der Waals surface area contributed by atoms with Gasteiger partial charge in [-0.25, -0.2) is 4.98 Å². The predicted molar refractivity (Wildman–Crippen MR) is 285 cm³/mol. The Balaban J connectivity index is 1.05. The number of esters is 4. The lowest BCUT2D eigenvalue weighted by Crippen LogP contribution is -2.63. The third kappa shape index (κ3) is 12.2. The van der Waals surface area contributed by atoms with E-state index in [0.717, 1.165) is 104 Å². The zero-order chi connectivity index (χ0) is 52.8. The number of nitrogens with zero attached hydrogens (tertiary/aromatic N) is 7. The standard InChI is InChI=1S/C57H69N7O11/c1-8-63-48-12-10-9-11-46(48)47-35-43(17-22-49(47)63)56-58-51(41-13-18-44(19-14-41)61-27-23-59(6)24-28-61)52(42-15-20-45(21-16-42)62-29-25-60(7)26-30-62)64(56)31-32-69-33-34-70-57-55(74-40(5)68)54(73-39(4)67)53(72-38(3)66)50(75-57)36-71-37(2)65/h9-22,35,50,53-55,57H,8,23-34,36H2,1-7H3/t50-,53+,54+,55-,57-/m1/s1. The van der Waals surface area contributed by atoms with E-state index in [1.807, 2.05) is 0 Å². The van der Waals surface area contributed by atoms with Crippen LogP contribution in [0.5, 0.6) is 0 Å². The number of hydrogen-bond donors (Lipinski definition) is 0. The number of imidazole rings is 1. The summed E-state index contributed by atoms with van der Waals surface area (Å²) in [6.07, 6.45) is -6.45. The number of aromatic nitrogens is 3. The van der Waals surface area contributed by atoms with Crippen molar-refractivity contribution in [2.45, 2.75) is 78.4 Å². The summed E-state index contributed by atoms with van der Waals surface area (Å²) in [5.41, 5.74) is 9.47. The van der Waals surface area contributed by atoms with Crippen LogP contribution in [-0.4, -0.2) is 171 Å². The summed E-state index contributed by atoms with van der Waals surface area (Å²) < 4.78 is 45.3. The van der Waals surface area contributed by atoms with Crippen LogP contribution >= 0.6 is 0 Å². The Morgan fingerprint density at radius 2 is 1.15 bits per heavy atom. The molecule has 9 rings (SSSR count). The van der Waals surface area contributed by atoms with Gasteiger partial charge in [0.2, 0.25) is 0 Å². The van der Waals surface area contributed by atoms with Crippen LogP contribution in [0.4, 0.5) is 11.4 Å². The largest absolute Gasteiger partial charge is 0.463 e. The molecule has 0 bridgehead atoms. The molecule has 3 fully saturated rings. The fraction of sp³-hybridized carbons (Fsp3) is 0.456. The van der Waals surface area contributed by atoms with Gasteiger partial charge in [-0.3, -0.25) is 19.2 Å². The number of hydrogen-bond acceptors (Lipinski definition) is 16. The van der Waals surface area contributed by atoms with Crippen LogP contribution in [0.25, 0.3) is 55.7 Å². The molecular formula is C57H69N7O11. The molecule has 18 nitrogen and oxygen atoms in total. The second kappa shape index (κ2) is 23.8. The van der Waals surface area contributed by atoms with E-state index in [1.165, 1.54) is 50.0 Å². The van der Waals surface area contributed by atoms with E-state index < -0.39 is 54.6 Å². The summed E-state index contributed by atoms with van der Waals surface area (Å²) in [5.74, 6) is -1.98. The Hall–Kier alpha value is -6.83. The van der Waals surface area contributed by atoms with Crippen molar-refractivity contribution in [3.8, 4) is 33.9 Å². The number of aryl methyl sites for hydroxylation is 1. The zero-order valence-corrected chi connectivity index (χ0v) is 44.1. The molecule has 6 aromatic rings. The van der Waals surface area contributed by atoms with E-state index in [1.54, 1.807) is 0 Å². The number of para-hydroxylation sites is 1. The van der Waals surface area contributed by atoms with Crippen LogP contribution < -0.4 is 9.80 Å². The van der Waals surface area contributed by atoms with Gasteiger partial charge < -0.3 is 61.9 Å². The number of piperazine rings is 2. The van der Waals surface area contributed by atoms with Gasteiger partial charge in [-0.15, -0.1) is 0 Å². The van der Waals surface area contributed by atoms with E-state index in [-0.39, 0.29) is 26.4 Å². The number of anilines is 2. The quantitative estimate of drug-likeness (QED) is 0.0511. The molecule has 0 spiro atoms. The molecule has 398 valence electrons. The Morgan fingerprint density at radius 1 is 0.587 bits per heavy atom. The maximum atomic E-state index is 12.5. The summed E-state index contributed by atoms with van der Waals surface area (Å²) in [6.45, 7) is 15.9. The van der Waals surface area contributed by atoms with Crippen molar-refractivity contribution >= 4 is 57.1 Å². The average Bonchev–Trinajstić information content (AvgIpc) is 3.95. The molecule has 3 aliphatic heterocycles. The van der Waals surface area contributed by atoms with Crippen LogP contribution in [0, 0.1) is 0 Å². The molecule has 2 aromatic heterocycles. The van der Waals surface area contributed by atoms with Crippen LogP contribution in [-0.2, 0) is 65.4 Å². The second-order valence-corrected chi connectivity index (χ2v) is 19.5. The summed E-state index contributed by atoms with van der Waals surface area (Å²) in [6, 6.07) is 32.7. The van der Waals surface area contributed by atoms with Gasteiger partial charge in [-0.1, -0.05) is 42.5 Å². The SMILES string of the molecule is CCn1c2ccccc2c2cc(-c3nc(-c4ccc(N5CCN(C)CC5)cc4)c(-c4ccc(N5CCN(C)CC5)cc4)n3CCOCCO[C@@H]3O[C@H](COC(C)=O)[C@H](OC(C)=O)[C@H](OC(C)=O)[C@H]3OC(C)=O)ccc21. The van der Waals surface area contributed by atoms with Crippen LogP contribution in [0.15, 0.2) is 91.0 Å². The Kier molecular flexibility index (Phi) is 16.8. The third-order valence-electron chi connectivity index (χ3n) is 14.2. The van der Waals surface area contributed by atoms with Crippen LogP contribution in [0.2, 0.25) is 0 Å². The number of fused-ring (bicyclic) bond motifs is 3. The van der Waals surface area contributed by atoms with Crippen molar-refractivity contribution in [2.75, 3.05) is 103 Å². The summed E-state index contributed by atoms with van der Waals surface area (Å²) >= 11 is 0. The first-order valence-corrected chi connectivity index (χ1v) is 26.0. The fourth-order valence-corrected chi connectivity index (χ4v) is 10.5. The maximum absolute atomic E-state index is 12.5. The minimum Gasteiger partial charge on any atom is -0.463 e. The highest BCUT2D eigenvalue weighted by Gasteiger charge is 2.52. The van der Waals surface area contributed by atoms with Gasteiger partial charge in [0.15, 0.2) is 24.6 Å². The monoisotopic (exact) mass is 1030 g/mol. The topological polar surface area (TPSA) is 169 Å². The van der Waals surface area contributed by atoms with Crippen LogP contribution in [0.1, 0.15) is 34.6 Å². The summed E-state index contributed by atoms with van der Waals surface area (Å²) in [7, 11) is 4.33. The van der Waals surface area contributed by atoms with Gasteiger partial charge in [0.25, 0.3) is 0 Å². The number of carbonyl (C=O) groups excluding carboxylic acids is 4. The van der Waals surface area contributed by atoms with Crippen molar-refractivity contribution in [1.29, 1.82) is 0 Å². The Labute approximate surface area is 437 Å². The molecule has 0 N–H and O–H groups in total. The Bertz CT molecular complexity index is 2960. The van der Waals surface area contributed by atoms with Crippen molar-refractivity contribution in [3.05, 3.63) is 91.0 Å². The lowest BCUT2D eigenvalue weighted by Gasteiger charge is -2.44. The normalized spacial score (nSPS) is 20.6. The Morgan fingerprint density at radius 3 is 1.75 bits per heavy atom. The van der Waals surface area contributed by atoms with Gasteiger partial charge >= 0.3 is 23.9 Å². The summed E-state index contributed by atoms with van der Waals surface area (Å²) in [4.78, 5) is 64.2. The molecule has 4 aromatic carbocycles. The zero-order valence-electron chi connectivity index (χ0n) is 44.1. The molecular weight excluding hydrogens is 959 g/mol. The highest BCUT2D eigenvalue weighted by atomic mass is 16.7. The van der Waals surface area contributed by atoms with E-state index >= 15 is 0 Å². The fourth-order valence-electron chi connectivity index (χ4n) is 10.5. The van der Waals surface area contributed by atoms with Crippen molar-refractivity contribution < 1.29 is 52.3 Å². The highest BCUT2D eigenvalue weighted by molar-refractivity contribution is 6.09. The molecule has 3 saturated heterocycles. The van der Waals surface area contributed by atoms with Crippen molar-refractivity contribution in [1.82, 2.24) is 23.9 Å². The lowest BCUT2D eigenvalue weighted by molar-refractivity contribution is -0.309. The predicted octanol–water partition coefficient (Wildman–Crippen LogP) is 6.63. The minimum atomic E-state index is -1.35. The molecule has 0 saturated carbocycles. The van der Waals surface area contributed by atoms with Gasteiger partial charge in [0.05, 0.1) is 31.2 Å². The molecule has 0 amide bonds. The first kappa shape index (κ1) is 53.0. The third-order valence-corrected chi connectivity index (χ3v) is 14.2. The molecule has 5 atom stereocenters. The molecule has 0 radical (unpaired) electrons. The first-order chi connectivity index (χ1) is 36.3. The average molecular weight is 1030 g/mol. The molecule has 3 aliphatic rings. The van der Waals surface area contributed by atoms with Gasteiger partial charge in [0, 0.05) is 143 Å². The smallest absolute Gasteiger partial charge is 0.303 e. The number of ether oxygens (including phenoxy) is 7. The van der Waals surface area contributed by atoms with Crippen molar-refractivity contribution in [3.63, 3.8) is 0 Å². The lowest BCUT2D eigenvalue weighted by atomic mass is 9.98. The van der Waals surface area contributed by atoms with E-state index in [4.69, 9.17) is 38.1 Å². The molecule has 5 heterocycles. The molecule has 0 unspecified atom stereocenters. The minimum absolute atomic E-state index is 0.0474. The molecule has 18 heteroatoms. The highest BCUT2D eigenvalue weighted by Crippen LogP contribution is 2.40. The molecule has 75 heavy (non-hydrogen) atoms. The molecule has 0 aliphatic carbocycles. The van der Waals surface area contributed by atoms with Crippen molar-refractivity contribution in [2.24, 2.45) is 0 Å². The van der Waals surface area contributed by atoms with Gasteiger partial charge in [-0.2, -0.15) is 0 Å². The van der Waals surface area contributed by atoms with E-state index in [0.29, 0.717) is 6.54 Å². The first-order valence-electron chi connectivity index (χ1n) is 26.0. The van der Waals surface area contributed by atoms with Gasteiger partial charge in [-0.05, 0) is 69.6 Å². The second-order valence-electron chi connectivity index (χ2n) is 19.5. The number of carbonyl (C=O) groups is 4. The van der Waals surface area contributed by atoms with Crippen LogP contribution in [0.3, 0.4) is 0 Å². The van der Waals surface area contributed by atoms with E-state index in [2.05, 4.69) is 141 Å². The van der Waals surface area contributed by atoms with E-state index in [9.17, 15) is 19.2 Å². The number of rotatable bonds is 18. The number of likely N-dealkylation sites (N-methyl/N-ethyl adjacent to an activating group) is 2. The maximum Gasteiger partial charge on any atom is 0.303 e.